The zero-order chi connectivity index (χ0) is 25.8. The molecule has 0 N–H and O–H groups in total. The molecule has 0 atom stereocenters. The van der Waals surface area contributed by atoms with E-state index < -0.39 is 10.9 Å². The molecule has 0 bridgehead atoms. The largest absolute Gasteiger partial charge is 0.490 e. The fourth-order valence-corrected chi connectivity index (χ4v) is 4.55. The van der Waals surface area contributed by atoms with Gasteiger partial charge in [0.1, 0.15) is 6.61 Å². The number of hydrogen-bond donors (Lipinski definition) is 0. The molecule has 1 heterocycles. The Balaban J connectivity index is 1.64. The number of hydrogen-bond acceptors (Lipinski definition) is 7. The summed E-state index contributed by atoms with van der Waals surface area (Å²) in [7, 11) is 0. The van der Waals surface area contributed by atoms with E-state index in [0.717, 1.165) is 14.7 Å². The molecule has 0 fully saturated rings. The summed E-state index contributed by atoms with van der Waals surface area (Å²) >= 11 is 2.17. The highest BCUT2D eigenvalue weighted by Gasteiger charge is 2.27. The topological polar surface area (TPSA) is 100 Å². The van der Waals surface area contributed by atoms with Crippen molar-refractivity contribution in [3.8, 4) is 11.5 Å². The molecular formula is C27H23IN2O6. The van der Waals surface area contributed by atoms with Crippen molar-refractivity contribution in [1.82, 2.24) is 0 Å². The predicted molar refractivity (Wildman–Crippen MR) is 144 cm³/mol. The Labute approximate surface area is 221 Å². The number of halogens is 1. The molecule has 36 heavy (non-hydrogen) atoms. The number of rotatable bonds is 8. The number of esters is 1. The first-order chi connectivity index (χ1) is 17.3. The molecule has 8 nitrogen and oxygen atoms in total. The average molecular weight is 598 g/mol. The molecule has 0 unspecified atom stereocenters. The van der Waals surface area contributed by atoms with Gasteiger partial charge < -0.3 is 14.2 Å². The van der Waals surface area contributed by atoms with E-state index in [1.807, 2.05) is 38.1 Å². The van der Waals surface area contributed by atoms with Gasteiger partial charge in [0.05, 0.1) is 15.1 Å². The highest BCUT2D eigenvalue weighted by atomic mass is 127. The van der Waals surface area contributed by atoms with Crippen LogP contribution in [0, 0.1) is 27.5 Å². The van der Waals surface area contributed by atoms with Crippen LogP contribution in [0.2, 0.25) is 0 Å². The van der Waals surface area contributed by atoms with Gasteiger partial charge in [-0.2, -0.15) is 0 Å². The summed E-state index contributed by atoms with van der Waals surface area (Å²) in [5, 5.41) is 11.3. The molecule has 4 rings (SSSR count). The van der Waals surface area contributed by atoms with Crippen LogP contribution in [-0.4, -0.2) is 23.4 Å². The first-order valence-corrected chi connectivity index (χ1v) is 12.3. The van der Waals surface area contributed by atoms with Crippen LogP contribution < -0.4 is 9.47 Å². The molecule has 0 spiro atoms. The van der Waals surface area contributed by atoms with Crippen LogP contribution >= 0.6 is 22.6 Å². The fraction of sp³-hybridized carbons (Fsp3) is 0.185. The summed E-state index contributed by atoms with van der Waals surface area (Å²) in [5.41, 5.74) is 3.67. The van der Waals surface area contributed by atoms with Crippen LogP contribution in [0.3, 0.4) is 0 Å². The Hall–Kier alpha value is -3.73. The first kappa shape index (κ1) is 25.4. The van der Waals surface area contributed by atoms with Gasteiger partial charge in [-0.05, 0) is 78.8 Å². The van der Waals surface area contributed by atoms with Crippen LogP contribution in [-0.2, 0) is 16.1 Å². The molecule has 0 radical (unpaired) electrons. The summed E-state index contributed by atoms with van der Waals surface area (Å²) in [4.78, 5) is 27.7. The maximum atomic E-state index is 12.5. The molecule has 0 saturated heterocycles. The van der Waals surface area contributed by atoms with Crippen molar-refractivity contribution in [3.63, 3.8) is 0 Å². The van der Waals surface area contributed by atoms with E-state index in [1.165, 1.54) is 12.1 Å². The number of aryl methyl sites for hydroxylation is 1. The SMILES string of the molecule is CCOc1cc(/C=C2\N=C(c3cccc([N+](=O)[O-])c3C)OC2=O)cc(I)c1OCc1cccc(C)c1. The quantitative estimate of drug-likeness (QED) is 0.102. The summed E-state index contributed by atoms with van der Waals surface area (Å²) in [6.07, 6.45) is 1.59. The van der Waals surface area contributed by atoms with Gasteiger partial charge in [-0.25, -0.2) is 9.79 Å². The molecule has 0 aliphatic carbocycles. The van der Waals surface area contributed by atoms with E-state index >= 15 is 0 Å². The number of nitrogens with zero attached hydrogens (tertiary/aromatic N) is 2. The first-order valence-electron chi connectivity index (χ1n) is 11.2. The minimum Gasteiger partial charge on any atom is -0.490 e. The minimum absolute atomic E-state index is 0.0327. The zero-order valence-electron chi connectivity index (χ0n) is 19.9. The van der Waals surface area contributed by atoms with E-state index in [2.05, 4.69) is 33.6 Å². The van der Waals surface area contributed by atoms with Crippen LogP contribution in [0.25, 0.3) is 6.08 Å². The molecule has 3 aromatic carbocycles. The number of carbonyl (C=O) groups excluding carboxylic acids is 1. The van der Waals surface area contributed by atoms with Crippen molar-refractivity contribution in [2.75, 3.05) is 6.61 Å². The Bertz CT molecular complexity index is 1410. The summed E-state index contributed by atoms with van der Waals surface area (Å²) in [6, 6.07) is 16.3. The molecule has 3 aromatic rings. The number of nitro groups is 1. The number of aliphatic imine (C=N–C) groups is 1. The maximum Gasteiger partial charge on any atom is 0.363 e. The molecule has 0 saturated carbocycles. The molecule has 184 valence electrons. The third-order valence-electron chi connectivity index (χ3n) is 5.45. The summed E-state index contributed by atoms with van der Waals surface area (Å²) < 4.78 is 18.1. The highest BCUT2D eigenvalue weighted by molar-refractivity contribution is 14.1. The maximum absolute atomic E-state index is 12.5. The van der Waals surface area contributed by atoms with Crippen molar-refractivity contribution >= 4 is 46.2 Å². The monoisotopic (exact) mass is 598 g/mol. The third kappa shape index (κ3) is 5.56. The van der Waals surface area contributed by atoms with E-state index in [9.17, 15) is 14.9 Å². The Morgan fingerprint density at radius 3 is 2.61 bits per heavy atom. The highest BCUT2D eigenvalue weighted by Crippen LogP contribution is 2.36. The van der Waals surface area contributed by atoms with Gasteiger partial charge in [-0.1, -0.05) is 35.9 Å². The summed E-state index contributed by atoms with van der Waals surface area (Å²) in [5.74, 6) is 0.564. The van der Waals surface area contributed by atoms with Gasteiger partial charge in [0.15, 0.2) is 17.2 Å². The van der Waals surface area contributed by atoms with Crippen molar-refractivity contribution in [2.24, 2.45) is 4.99 Å². The van der Waals surface area contributed by atoms with Gasteiger partial charge >= 0.3 is 5.97 Å². The number of carbonyl (C=O) groups is 1. The summed E-state index contributed by atoms with van der Waals surface area (Å²) in [6.45, 7) is 6.34. The Morgan fingerprint density at radius 2 is 1.89 bits per heavy atom. The lowest BCUT2D eigenvalue weighted by atomic mass is 10.1. The van der Waals surface area contributed by atoms with Crippen LogP contribution in [0.1, 0.15) is 34.7 Å². The third-order valence-corrected chi connectivity index (χ3v) is 6.25. The molecule has 1 aliphatic rings. The van der Waals surface area contributed by atoms with E-state index in [-0.39, 0.29) is 17.3 Å². The molecule has 1 aliphatic heterocycles. The number of cyclic esters (lactones) is 1. The van der Waals surface area contributed by atoms with Gasteiger partial charge in [0.2, 0.25) is 5.90 Å². The number of ether oxygens (including phenoxy) is 3. The lowest BCUT2D eigenvalue weighted by Crippen LogP contribution is -2.08. The van der Waals surface area contributed by atoms with Crippen LogP contribution in [0.5, 0.6) is 11.5 Å². The zero-order valence-corrected chi connectivity index (χ0v) is 22.1. The van der Waals surface area contributed by atoms with Crippen LogP contribution in [0.4, 0.5) is 5.69 Å². The van der Waals surface area contributed by atoms with Crippen molar-refractivity contribution in [3.05, 3.63) is 102 Å². The van der Waals surface area contributed by atoms with E-state index in [4.69, 9.17) is 14.2 Å². The van der Waals surface area contributed by atoms with Crippen molar-refractivity contribution in [2.45, 2.75) is 27.4 Å². The van der Waals surface area contributed by atoms with Crippen molar-refractivity contribution < 1.29 is 23.9 Å². The van der Waals surface area contributed by atoms with Gasteiger partial charge in [-0.15, -0.1) is 0 Å². The van der Waals surface area contributed by atoms with E-state index in [1.54, 1.807) is 25.1 Å². The molecular weight excluding hydrogens is 575 g/mol. The predicted octanol–water partition coefficient (Wildman–Crippen LogP) is 6.14. The molecule has 9 heteroatoms. The normalized spacial score (nSPS) is 13.9. The number of nitro benzene ring substituents is 1. The number of benzene rings is 3. The second kappa shape index (κ2) is 10.9. The second-order valence-corrected chi connectivity index (χ2v) is 9.25. The Morgan fingerprint density at radius 1 is 1.11 bits per heavy atom. The fourth-order valence-electron chi connectivity index (χ4n) is 3.77. The standard InChI is InChI=1S/C27H23IN2O6/c1-4-34-24-14-19(12-21(28)25(24)35-15-18-8-5-7-16(2)11-18)13-22-27(31)36-26(29-22)20-9-6-10-23(17(20)3)30(32)33/h5-14H,4,15H2,1-3H3/b22-13-. The minimum atomic E-state index is -0.636. The van der Waals surface area contributed by atoms with Crippen molar-refractivity contribution in [1.29, 1.82) is 0 Å². The van der Waals surface area contributed by atoms with Gasteiger partial charge in [0, 0.05) is 17.2 Å². The smallest absolute Gasteiger partial charge is 0.363 e. The lowest BCUT2D eigenvalue weighted by molar-refractivity contribution is -0.385. The molecule has 0 aromatic heterocycles. The Kier molecular flexibility index (Phi) is 7.68. The second-order valence-electron chi connectivity index (χ2n) is 8.08. The van der Waals surface area contributed by atoms with Crippen LogP contribution in [0.15, 0.2) is 65.3 Å². The van der Waals surface area contributed by atoms with E-state index in [0.29, 0.717) is 41.4 Å². The van der Waals surface area contributed by atoms with Gasteiger partial charge in [0.25, 0.3) is 5.69 Å². The van der Waals surface area contributed by atoms with Gasteiger partial charge in [-0.3, -0.25) is 10.1 Å². The lowest BCUT2D eigenvalue weighted by Gasteiger charge is -2.15. The molecule has 0 amide bonds. The average Bonchev–Trinajstić information content (AvgIpc) is 3.18.